The van der Waals surface area contributed by atoms with Gasteiger partial charge >= 0.3 is 19.5 Å². The molecule has 0 aliphatic carbocycles. The first kappa shape index (κ1) is 17.8. The molecule has 19 heavy (non-hydrogen) atoms. The molecule has 0 saturated heterocycles. The summed E-state index contributed by atoms with van der Waals surface area (Å²) in [5.41, 5.74) is -4.04. The van der Waals surface area contributed by atoms with Crippen LogP contribution in [-0.4, -0.2) is 17.2 Å². The molecule has 1 rings (SSSR count). The van der Waals surface area contributed by atoms with Gasteiger partial charge in [0.1, 0.15) is 0 Å². The van der Waals surface area contributed by atoms with Crippen LogP contribution >= 0.6 is 0 Å². The van der Waals surface area contributed by atoms with Gasteiger partial charge in [-0.2, -0.15) is 26.3 Å². The first-order chi connectivity index (χ1) is 8.51. The zero-order valence-corrected chi connectivity index (χ0v) is 9.97. The van der Waals surface area contributed by atoms with Crippen LogP contribution in [-0.2, 0) is 12.4 Å². The molecule has 0 bridgehead atoms. The van der Waals surface area contributed by atoms with Gasteiger partial charge in [-0.05, 0) is 11.5 Å². The summed E-state index contributed by atoms with van der Waals surface area (Å²) in [5, 5.41) is 17.2. The van der Waals surface area contributed by atoms with Crippen LogP contribution in [0.1, 0.15) is 25.0 Å². The molecule has 0 saturated carbocycles. The average Bonchev–Trinajstić information content (AvgIpc) is 2.28. The van der Waals surface area contributed by atoms with Crippen LogP contribution in [0.3, 0.4) is 0 Å². The Morgan fingerprint density at radius 2 is 1.11 bits per heavy atom. The summed E-state index contributed by atoms with van der Waals surface area (Å²) >= 11 is 0. The molecule has 0 unspecified atom stereocenters. The molecule has 0 atom stereocenters. The third kappa shape index (κ3) is 5.11. The van der Waals surface area contributed by atoms with Gasteiger partial charge in [-0.3, -0.25) is 0 Å². The van der Waals surface area contributed by atoms with Gasteiger partial charge in [0.25, 0.3) is 0 Å². The zero-order chi connectivity index (χ0) is 15.4. The van der Waals surface area contributed by atoms with Gasteiger partial charge in [0.15, 0.2) is 0 Å². The van der Waals surface area contributed by atoms with Gasteiger partial charge in [-0.1, -0.05) is 26.0 Å². The quantitative estimate of drug-likeness (QED) is 0.615. The summed E-state index contributed by atoms with van der Waals surface area (Å²) in [6.45, 7) is 4.00. The van der Waals surface area contributed by atoms with E-state index in [4.69, 9.17) is 10.0 Å². The van der Waals surface area contributed by atoms with Crippen molar-refractivity contribution in [3.05, 3.63) is 29.3 Å². The molecule has 1 aromatic rings. The maximum Gasteiger partial charge on any atom is 0.488 e. The summed E-state index contributed by atoms with van der Waals surface area (Å²) in [6.07, 6.45) is -9.99. The van der Waals surface area contributed by atoms with E-state index in [2.05, 4.69) is 0 Å². The van der Waals surface area contributed by atoms with Gasteiger partial charge in [0.05, 0.1) is 11.1 Å². The van der Waals surface area contributed by atoms with Gasteiger partial charge in [0.2, 0.25) is 0 Å². The molecule has 0 heterocycles. The van der Waals surface area contributed by atoms with Crippen LogP contribution in [0.15, 0.2) is 18.2 Å². The number of hydrogen-bond donors (Lipinski definition) is 2. The molecule has 0 spiro atoms. The van der Waals surface area contributed by atoms with Crippen LogP contribution in [0.4, 0.5) is 26.3 Å². The average molecular weight is 288 g/mol. The van der Waals surface area contributed by atoms with Crippen LogP contribution in [0.5, 0.6) is 0 Å². The van der Waals surface area contributed by atoms with E-state index in [-0.39, 0.29) is 18.2 Å². The van der Waals surface area contributed by atoms with E-state index in [1.807, 2.05) is 13.8 Å². The Labute approximate surface area is 105 Å². The molecule has 9 heteroatoms. The van der Waals surface area contributed by atoms with Gasteiger partial charge in [-0.15, -0.1) is 0 Å². The van der Waals surface area contributed by atoms with Gasteiger partial charge < -0.3 is 10.0 Å². The van der Waals surface area contributed by atoms with Crippen molar-refractivity contribution in [1.82, 2.24) is 0 Å². The predicted octanol–water partition coefficient (Wildman–Crippen LogP) is 2.43. The lowest BCUT2D eigenvalue weighted by atomic mass is 9.78. The molecule has 2 N–H and O–H groups in total. The highest BCUT2D eigenvalue weighted by Gasteiger charge is 2.37. The van der Waals surface area contributed by atoms with Gasteiger partial charge in [0, 0.05) is 0 Å². The highest BCUT2D eigenvalue weighted by Crippen LogP contribution is 2.34. The number of halogens is 6. The Hall–Kier alpha value is -1.22. The normalized spacial score (nSPS) is 11.7. The van der Waals surface area contributed by atoms with Gasteiger partial charge in [-0.25, -0.2) is 0 Å². The van der Waals surface area contributed by atoms with Crippen molar-refractivity contribution in [2.75, 3.05) is 0 Å². The molecule has 0 fully saturated rings. The number of rotatable bonds is 1. The number of alkyl halides is 6. The molecule has 0 aliphatic heterocycles. The summed E-state index contributed by atoms with van der Waals surface area (Å²) in [5.74, 6) is 0. The van der Waals surface area contributed by atoms with Crippen molar-refractivity contribution < 1.29 is 36.4 Å². The summed E-state index contributed by atoms with van der Waals surface area (Å²) in [7, 11) is -2.40. The molecule has 0 aromatic heterocycles. The minimum absolute atomic E-state index is 0.0914. The standard InChI is InChI=1S/C8H5BF6O2.C2H6/c10-7(11,12)4-1-5(8(13,14)15)3-6(2-4)9(16)17;1-2/h1-3,16-17H;1-2H3. The lowest BCUT2D eigenvalue weighted by molar-refractivity contribution is -0.142. The fourth-order valence-electron chi connectivity index (χ4n) is 1.13. The first-order valence-electron chi connectivity index (χ1n) is 5.17. The molecule has 108 valence electrons. The van der Waals surface area contributed by atoms with Crippen molar-refractivity contribution in [3.63, 3.8) is 0 Å². The van der Waals surface area contributed by atoms with E-state index >= 15 is 0 Å². The fourth-order valence-corrected chi connectivity index (χ4v) is 1.13. The van der Waals surface area contributed by atoms with Crippen molar-refractivity contribution in [3.8, 4) is 0 Å². The highest BCUT2D eigenvalue weighted by atomic mass is 19.4. The van der Waals surface area contributed by atoms with E-state index in [0.717, 1.165) is 0 Å². The molecule has 0 amide bonds. The van der Waals surface area contributed by atoms with E-state index in [0.29, 0.717) is 0 Å². The van der Waals surface area contributed by atoms with Crippen molar-refractivity contribution in [2.24, 2.45) is 0 Å². The fraction of sp³-hybridized carbons (Fsp3) is 0.400. The van der Waals surface area contributed by atoms with E-state index < -0.39 is 36.1 Å². The Balaban J connectivity index is 0.00000154. The lowest BCUT2D eigenvalue weighted by Gasteiger charge is -2.13. The topological polar surface area (TPSA) is 40.5 Å². The second kappa shape index (κ2) is 6.29. The summed E-state index contributed by atoms with van der Waals surface area (Å²) in [4.78, 5) is 0. The van der Waals surface area contributed by atoms with Crippen LogP contribution in [0, 0.1) is 0 Å². The molecular weight excluding hydrogens is 277 g/mol. The molecule has 0 radical (unpaired) electrons. The minimum Gasteiger partial charge on any atom is -0.423 e. The Morgan fingerprint density at radius 1 is 0.789 bits per heavy atom. The van der Waals surface area contributed by atoms with E-state index in [1.54, 1.807) is 0 Å². The van der Waals surface area contributed by atoms with Crippen molar-refractivity contribution in [2.45, 2.75) is 26.2 Å². The Morgan fingerprint density at radius 3 is 1.32 bits per heavy atom. The summed E-state index contributed by atoms with van der Waals surface area (Å²) in [6, 6.07) is 0.408. The largest absolute Gasteiger partial charge is 0.488 e. The van der Waals surface area contributed by atoms with E-state index in [1.165, 1.54) is 0 Å². The van der Waals surface area contributed by atoms with Crippen LogP contribution in [0.25, 0.3) is 0 Å². The van der Waals surface area contributed by atoms with Crippen molar-refractivity contribution >= 4 is 12.6 Å². The first-order valence-corrected chi connectivity index (χ1v) is 5.17. The van der Waals surface area contributed by atoms with Crippen molar-refractivity contribution in [1.29, 1.82) is 0 Å². The third-order valence-corrected chi connectivity index (χ3v) is 1.91. The second-order valence-corrected chi connectivity index (χ2v) is 3.21. The zero-order valence-electron chi connectivity index (χ0n) is 9.97. The smallest absolute Gasteiger partial charge is 0.423 e. The van der Waals surface area contributed by atoms with E-state index in [9.17, 15) is 26.3 Å². The maximum absolute atomic E-state index is 12.3. The van der Waals surface area contributed by atoms with Crippen LogP contribution < -0.4 is 5.46 Å². The monoisotopic (exact) mass is 288 g/mol. The highest BCUT2D eigenvalue weighted by molar-refractivity contribution is 6.58. The second-order valence-electron chi connectivity index (χ2n) is 3.21. The Bertz CT molecular complexity index is 381. The SMILES string of the molecule is CC.OB(O)c1cc(C(F)(F)F)cc(C(F)(F)F)c1. The lowest BCUT2D eigenvalue weighted by Crippen LogP contribution is -2.32. The van der Waals surface area contributed by atoms with Crippen LogP contribution in [0.2, 0.25) is 0 Å². The molecule has 2 nitrogen and oxygen atoms in total. The molecular formula is C10H11BF6O2. The Kier molecular flexibility index (Phi) is 5.89. The number of hydrogen-bond acceptors (Lipinski definition) is 2. The molecule has 1 aromatic carbocycles. The number of benzene rings is 1. The third-order valence-electron chi connectivity index (χ3n) is 1.91. The molecule has 0 aliphatic rings. The maximum atomic E-state index is 12.3. The summed E-state index contributed by atoms with van der Waals surface area (Å²) < 4.78 is 73.6. The minimum atomic E-state index is -5.00. The predicted molar refractivity (Wildman–Crippen MR) is 57.6 cm³/mol.